The van der Waals surface area contributed by atoms with Crippen LogP contribution in [0, 0.1) is 0 Å². The lowest BCUT2D eigenvalue weighted by atomic mass is 10.1. The molecule has 1 fully saturated rings. The van der Waals surface area contributed by atoms with Crippen molar-refractivity contribution in [1.29, 1.82) is 0 Å². The molecule has 2 aromatic carbocycles. The van der Waals surface area contributed by atoms with Gasteiger partial charge in [-0.1, -0.05) is 41.9 Å². The number of anilines is 1. The van der Waals surface area contributed by atoms with Crippen LogP contribution in [0.4, 0.5) is 5.82 Å². The smallest absolute Gasteiger partial charge is 0.226 e. The van der Waals surface area contributed by atoms with Gasteiger partial charge in [-0.3, -0.25) is 4.79 Å². The second-order valence-electron chi connectivity index (χ2n) is 7.05. The fraction of sp³-hybridized carbons (Fsp3) is 0.261. The van der Waals surface area contributed by atoms with E-state index >= 15 is 0 Å². The number of carbonyl (C=O) groups excluding carboxylic acids is 1. The number of carbonyl (C=O) groups is 1. The molecular formula is C23H23ClN4O2. The van der Waals surface area contributed by atoms with Gasteiger partial charge in [0.1, 0.15) is 17.9 Å². The van der Waals surface area contributed by atoms with Crippen LogP contribution < -0.4 is 9.64 Å². The van der Waals surface area contributed by atoms with E-state index in [9.17, 15) is 4.79 Å². The maximum absolute atomic E-state index is 12.5. The Balaban J connectivity index is 1.27. The SMILES string of the molecule is O=C(CCOc1ccc(Cl)cc1)N1CCN(c2cc(-c3ccccc3)ncn2)CC1. The summed E-state index contributed by atoms with van der Waals surface area (Å²) in [5.74, 6) is 1.72. The minimum atomic E-state index is 0.108. The van der Waals surface area contributed by atoms with Gasteiger partial charge in [-0.2, -0.15) is 0 Å². The first-order chi connectivity index (χ1) is 14.7. The Morgan fingerprint density at radius 2 is 1.70 bits per heavy atom. The maximum atomic E-state index is 12.5. The van der Waals surface area contributed by atoms with Crippen LogP contribution in [0.2, 0.25) is 5.02 Å². The highest BCUT2D eigenvalue weighted by molar-refractivity contribution is 6.30. The normalized spacial score (nSPS) is 13.9. The highest BCUT2D eigenvalue weighted by Gasteiger charge is 2.22. The van der Waals surface area contributed by atoms with Crippen molar-refractivity contribution < 1.29 is 9.53 Å². The number of ether oxygens (including phenoxy) is 1. The molecular weight excluding hydrogens is 400 g/mol. The highest BCUT2D eigenvalue weighted by atomic mass is 35.5. The number of amides is 1. The van der Waals surface area contributed by atoms with E-state index in [1.165, 1.54) is 0 Å². The van der Waals surface area contributed by atoms with Crippen molar-refractivity contribution in [2.45, 2.75) is 6.42 Å². The molecule has 0 N–H and O–H groups in total. The minimum absolute atomic E-state index is 0.108. The van der Waals surface area contributed by atoms with Crippen molar-refractivity contribution >= 4 is 23.3 Å². The topological polar surface area (TPSA) is 58.6 Å². The molecule has 6 nitrogen and oxygen atoms in total. The minimum Gasteiger partial charge on any atom is -0.493 e. The second-order valence-corrected chi connectivity index (χ2v) is 7.48. The lowest BCUT2D eigenvalue weighted by Gasteiger charge is -2.35. The zero-order chi connectivity index (χ0) is 20.8. The van der Waals surface area contributed by atoms with E-state index < -0.39 is 0 Å². The van der Waals surface area contributed by atoms with E-state index in [2.05, 4.69) is 14.9 Å². The average Bonchev–Trinajstić information content (AvgIpc) is 2.81. The molecule has 0 unspecified atom stereocenters. The van der Waals surface area contributed by atoms with Gasteiger partial charge in [-0.05, 0) is 24.3 Å². The third kappa shape index (κ3) is 5.07. The van der Waals surface area contributed by atoms with Gasteiger partial charge in [0.25, 0.3) is 0 Å². The zero-order valence-electron chi connectivity index (χ0n) is 16.6. The molecule has 4 rings (SSSR count). The number of hydrogen-bond donors (Lipinski definition) is 0. The fourth-order valence-corrected chi connectivity index (χ4v) is 3.54. The van der Waals surface area contributed by atoms with Crippen LogP contribution in [0.25, 0.3) is 11.3 Å². The van der Waals surface area contributed by atoms with E-state index in [0.29, 0.717) is 31.1 Å². The summed E-state index contributed by atoms with van der Waals surface area (Å²) >= 11 is 5.87. The van der Waals surface area contributed by atoms with Gasteiger partial charge in [-0.15, -0.1) is 0 Å². The number of benzene rings is 2. The molecule has 0 radical (unpaired) electrons. The number of rotatable bonds is 6. The van der Waals surface area contributed by atoms with Crippen LogP contribution >= 0.6 is 11.6 Å². The summed E-state index contributed by atoms with van der Waals surface area (Å²) in [7, 11) is 0. The Kier molecular flexibility index (Phi) is 6.44. The van der Waals surface area contributed by atoms with Gasteiger partial charge >= 0.3 is 0 Å². The number of piperazine rings is 1. The van der Waals surface area contributed by atoms with Crippen molar-refractivity contribution in [2.24, 2.45) is 0 Å². The summed E-state index contributed by atoms with van der Waals surface area (Å²) in [6.45, 7) is 3.19. The predicted octanol–water partition coefficient (Wildman–Crippen LogP) is 3.91. The molecule has 0 atom stereocenters. The van der Waals surface area contributed by atoms with Crippen molar-refractivity contribution in [2.75, 3.05) is 37.7 Å². The summed E-state index contributed by atoms with van der Waals surface area (Å²) < 4.78 is 5.63. The third-order valence-corrected chi connectivity index (χ3v) is 5.33. The van der Waals surface area contributed by atoms with Crippen LogP contribution in [0.5, 0.6) is 5.75 Å². The Morgan fingerprint density at radius 1 is 0.967 bits per heavy atom. The first-order valence-electron chi connectivity index (χ1n) is 9.97. The predicted molar refractivity (Wildman–Crippen MR) is 118 cm³/mol. The molecule has 0 saturated carbocycles. The van der Waals surface area contributed by atoms with Gasteiger partial charge in [0.05, 0.1) is 18.7 Å². The van der Waals surface area contributed by atoms with Crippen LogP contribution in [0.3, 0.4) is 0 Å². The molecule has 0 bridgehead atoms. The molecule has 7 heteroatoms. The van der Waals surface area contributed by atoms with Crippen LogP contribution in [0.1, 0.15) is 6.42 Å². The highest BCUT2D eigenvalue weighted by Crippen LogP contribution is 2.21. The first kappa shape index (κ1) is 20.2. The van der Waals surface area contributed by atoms with Crippen molar-refractivity contribution in [3.8, 4) is 17.0 Å². The molecule has 154 valence electrons. The second kappa shape index (κ2) is 9.59. The number of nitrogens with zero attached hydrogens (tertiary/aromatic N) is 4. The van der Waals surface area contributed by atoms with E-state index in [1.54, 1.807) is 30.6 Å². The van der Waals surface area contributed by atoms with Crippen molar-refractivity contribution in [3.05, 3.63) is 72.0 Å². The summed E-state index contributed by atoms with van der Waals surface area (Å²) in [6, 6.07) is 19.2. The summed E-state index contributed by atoms with van der Waals surface area (Å²) in [5.41, 5.74) is 1.97. The fourth-order valence-electron chi connectivity index (χ4n) is 3.42. The van der Waals surface area contributed by atoms with Gasteiger partial charge in [-0.25, -0.2) is 9.97 Å². The molecule has 0 aliphatic carbocycles. The molecule has 30 heavy (non-hydrogen) atoms. The number of aromatic nitrogens is 2. The molecule has 1 aliphatic rings. The third-order valence-electron chi connectivity index (χ3n) is 5.08. The quantitative estimate of drug-likeness (QED) is 0.602. The van der Waals surface area contributed by atoms with Crippen LogP contribution in [0.15, 0.2) is 67.0 Å². The number of hydrogen-bond acceptors (Lipinski definition) is 5. The summed E-state index contributed by atoms with van der Waals surface area (Å²) in [4.78, 5) is 25.4. The molecule has 1 aromatic heterocycles. The van der Waals surface area contributed by atoms with Gasteiger partial charge in [0, 0.05) is 42.8 Å². The van der Waals surface area contributed by atoms with E-state index in [1.807, 2.05) is 41.3 Å². The molecule has 2 heterocycles. The molecule has 1 aliphatic heterocycles. The monoisotopic (exact) mass is 422 g/mol. The van der Waals surface area contributed by atoms with Crippen molar-refractivity contribution in [3.63, 3.8) is 0 Å². The standard InChI is InChI=1S/C23H23ClN4O2/c24-19-6-8-20(9-7-19)30-15-10-23(29)28-13-11-27(12-14-28)22-16-21(25-17-26-22)18-4-2-1-3-5-18/h1-9,16-17H,10-15H2. The first-order valence-corrected chi connectivity index (χ1v) is 10.4. The molecule has 1 amide bonds. The van der Waals surface area contributed by atoms with E-state index in [4.69, 9.17) is 16.3 Å². The Bertz CT molecular complexity index is 974. The Morgan fingerprint density at radius 3 is 2.43 bits per heavy atom. The molecule has 1 saturated heterocycles. The van der Waals surface area contributed by atoms with E-state index in [0.717, 1.165) is 35.9 Å². The lowest BCUT2D eigenvalue weighted by molar-refractivity contribution is -0.132. The van der Waals surface area contributed by atoms with Gasteiger partial charge in [0.2, 0.25) is 5.91 Å². The Labute approximate surface area is 181 Å². The van der Waals surface area contributed by atoms with Crippen molar-refractivity contribution in [1.82, 2.24) is 14.9 Å². The zero-order valence-corrected chi connectivity index (χ0v) is 17.3. The summed E-state index contributed by atoms with van der Waals surface area (Å²) in [5, 5.41) is 0.663. The largest absolute Gasteiger partial charge is 0.493 e. The molecule has 3 aromatic rings. The van der Waals surface area contributed by atoms with Crippen LogP contribution in [-0.2, 0) is 4.79 Å². The van der Waals surface area contributed by atoms with Crippen LogP contribution in [-0.4, -0.2) is 53.6 Å². The lowest BCUT2D eigenvalue weighted by Crippen LogP contribution is -2.49. The molecule has 0 spiro atoms. The van der Waals surface area contributed by atoms with E-state index in [-0.39, 0.29) is 5.91 Å². The average molecular weight is 423 g/mol. The van der Waals surface area contributed by atoms with Gasteiger partial charge < -0.3 is 14.5 Å². The Hall–Kier alpha value is -3.12. The summed E-state index contributed by atoms with van der Waals surface area (Å²) in [6.07, 6.45) is 1.96. The maximum Gasteiger partial charge on any atom is 0.226 e. The number of halogens is 1. The van der Waals surface area contributed by atoms with Gasteiger partial charge in [0.15, 0.2) is 0 Å².